The summed E-state index contributed by atoms with van der Waals surface area (Å²) in [6, 6.07) is 9.12. The Morgan fingerprint density at radius 1 is 1.00 bits per heavy atom. The van der Waals surface area contributed by atoms with Crippen molar-refractivity contribution in [2.24, 2.45) is 0 Å². The van der Waals surface area contributed by atoms with Gasteiger partial charge in [-0.3, -0.25) is 4.79 Å². The van der Waals surface area contributed by atoms with Crippen LogP contribution in [0.15, 0.2) is 42.5 Å². The van der Waals surface area contributed by atoms with E-state index >= 15 is 0 Å². The first kappa shape index (κ1) is 15.0. The van der Waals surface area contributed by atoms with Gasteiger partial charge in [-0.05, 0) is 42.5 Å². The second-order valence-electron chi connectivity index (χ2n) is 4.43. The van der Waals surface area contributed by atoms with Crippen LogP contribution in [-0.2, 0) is 6.18 Å². The largest absolute Gasteiger partial charge is 0.419 e. The summed E-state index contributed by atoms with van der Waals surface area (Å²) in [7, 11) is 1.60. The van der Waals surface area contributed by atoms with Crippen LogP contribution < -0.4 is 4.90 Å². The maximum Gasteiger partial charge on any atom is 0.419 e. The molecule has 0 saturated heterocycles. The lowest BCUT2D eigenvalue weighted by atomic mass is 10.1. The Kier molecular flexibility index (Phi) is 3.97. The molecule has 0 saturated carbocycles. The molecular weight excluding hydrogens is 286 g/mol. The van der Waals surface area contributed by atoms with Gasteiger partial charge in [0.25, 0.3) is 0 Å². The first-order chi connectivity index (χ1) is 9.82. The van der Waals surface area contributed by atoms with E-state index in [1.165, 1.54) is 11.0 Å². The quantitative estimate of drug-likeness (QED) is 0.617. The average Bonchev–Trinajstić information content (AvgIpc) is 2.45. The minimum Gasteiger partial charge on any atom is -0.345 e. The van der Waals surface area contributed by atoms with Gasteiger partial charge in [0.05, 0.1) is 5.56 Å². The second kappa shape index (κ2) is 5.55. The van der Waals surface area contributed by atoms with Gasteiger partial charge in [-0.2, -0.15) is 13.2 Å². The zero-order chi connectivity index (χ0) is 15.6. The smallest absolute Gasteiger partial charge is 0.345 e. The molecule has 110 valence electrons. The predicted molar refractivity (Wildman–Crippen MR) is 71.3 cm³/mol. The molecule has 2 aromatic rings. The third-order valence-corrected chi connectivity index (χ3v) is 3.06. The molecular formula is C15H11F4NO. The summed E-state index contributed by atoms with van der Waals surface area (Å²) in [5.74, 6) is -1.32. The van der Waals surface area contributed by atoms with Gasteiger partial charge >= 0.3 is 6.18 Å². The van der Waals surface area contributed by atoms with E-state index in [1.54, 1.807) is 31.3 Å². The summed E-state index contributed by atoms with van der Waals surface area (Å²) >= 11 is 0. The second-order valence-corrected chi connectivity index (χ2v) is 4.43. The van der Waals surface area contributed by atoms with Crippen LogP contribution in [0.2, 0.25) is 0 Å². The molecule has 2 rings (SSSR count). The highest BCUT2D eigenvalue weighted by molar-refractivity contribution is 5.76. The summed E-state index contributed by atoms with van der Waals surface area (Å²) in [5, 5.41) is 0. The van der Waals surface area contributed by atoms with Gasteiger partial charge < -0.3 is 4.90 Å². The van der Waals surface area contributed by atoms with Crippen molar-refractivity contribution in [3.05, 3.63) is 59.4 Å². The van der Waals surface area contributed by atoms with Crippen LogP contribution in [0, 0.1) is 5.82 Å². The Morgan fingerprint density at radius 3 is 2.05 bits per heavy atom. The van der Waals surface area contributed by atoms with E-state index in [4.69, 9.17) is 0 Å². The number of hydrogen-bond donors (Lipinski definition) is 0. The molecule has 0 spiro atoms. The molecule has 2 aromatic carbocycles. The molecule has 0 aliphatic heterocycles. The predicted octanol–water partition coefficient (Wildman–Crippen LogP) is 4.42. The number of benzene rings is 2. The number of aldehydes is 1. The van der Waals surface area contributed by atoms with Crippen LogP contribution in [0.5, 0.6) is 0 Å². The maximum atomic E-state index is 13.5. The van der Waals surface area contributed by atoms with Crippen LogP contribution in [0.3, 0.4) is 0 Å². The van der Waals surface area contributed by atoms with Gasteiger partial charge in [-0.1, -0.05) is 0 Å². The fourth-order valence-electron chi connectivity index (χ4n) is 1.87. The molecule has 0 aromatic heterocycles. The number of carbonyl (C=O) groups is 1. The van der Waals surface area contributed by atoms with Crippen LogP contribution in [-0.4, -0.2) is 13.3 Å². The first-order valence-corrected chi connectivity index (χ1v) is 5.98. The van der Waals surface area contributed by atoms with Crippen molar-refractivity contribution >= 4 is 17.7 Å². The highest BCUT2D eigenvalue weighted by Crippen LogP contribution is 2.34. The standard InChI is InChI=1S/C15H11F4NO/c1-20(11-4-2-10(9-21)3-5-11)12-6-7-13(14(16)8-12)15(17,18)19/h2-9H,1H3. The number of halogens is 4. The van der Waals surface area contributed by atoms with E-state index in [0.29, 0.717) is 23.6 Å². The van der Waals surface area contributed by atoms with E-state index in [1.807, 2.05) is 0 Å². The van der Waals surface area contributed by atoms with Crippen molar-refractivity contribution in [3.8, 4) is 0 Å². The molecule has 0 radical (unpaired) electrons. The number of anilines is 2. The number of alkyl halides is 3. The van der Waals surface area contributed by atoms with Crippen molar-refractivity contribution in [2.75, 3.05) is 11.9 Å². The Bertz CT molecular complexity index is 650. The Labute approximate surface area is 118 Å². The van der Waals surface area contributed by atoms with Gasteiger partial charge in [0.15, 0.2) is 0 Å². The van der Waals surface area contributed by atoms with E-state index < -0.39 is 17.6 Å². The van der Waals surface area contributed by atoms with Crippen LogP contribution in [0.25, 0.3) is 0 Å². The maximum absolute atomic E-state index is 13.5. The lowest BCUT2D eigenvalue weighted by Crippen LogP contribution is -2.12. The molecule has 0 atom stereocenters. The molecule has 6 heteroatoms. The summed E-state index contributed by atoms with van der Waals surface area (Å²) in [6.45, 7) is 0. The zero-order valence-corrected chi connectivity index (χ0v) is 11.0. The van der Waals surface area contributed by atoms with E-state index in [-0.39, 0.29) is 5.69 Å². The molecule has 0 bridgehead atoms. The van der Waals surface area contributed by atoms with Gasteiger partial charge in [-0.25, -0.2) is 4.39 Å². The zero-order valence-electron chi connectivity index (χ0n) is 11.0. The Balaban J connectivity index is 2.32. The third-order valence-electron chi connectivity index (χ3n) is 3.06. The highest BCUT2D eigenvalue weighted by Gasteiger charge is 2.34. The minimum atomic E-state index is -4.72. The molecule has 0 N–H and O–H groups in total. The van der Waals surface area contributed by atoms with Crippen molar-refractivity contribution in [2.45, 2.75) is 6.18 Å². The number of nitrogens with zero attached hydrogens (tertiary/aromatic N) is 1. The molecule has 0 heterocycles. The summed E-state index contributed by atoms with van der Waals surface area (Å²) in [4.78, 5) is 12.1. The van der Waals surface area contributed by atoms with Gasteiger partial charge in [0.2, 0.25) is 0 Å². The van der Waals surface area contributed by atoms with Crippen LogP contribution in [0.1, 0.15) is 15.9 Å². The summed E-state index contributed by atoms with van der Waals surface area (Å²) in [5.41, 5.74) is 0.0841. The lowest BCUT2D eigenvalue weighted by Gasteiger charge is -2.20. The number of carbonyl (C=O) groups excluding carboxylic acids is 1. The van der Waals surface area contributed by atoms with Crippen LogP contribution in [0.4, 0.5) is 28.9 Å². The van der Waals surface area contributed by atoms with Gasteiger partial charge in [-0.15, -0.1) is 0 Å². The van der Waals surface area contributed by atoms with Crippen molar-refractivity contribution in [1.29, 1.82) is 0 Å². The Morgan fingerprint density at radius 2 is 1.57 bits per heavy atom. The summed E-state index contributed by atoms with van der Waals surface area (Å²) < 4.78 is 51.1. The molecule has 0 fully saturated rings. The topological polar surface area (TPSA) is 20.3 Å². The van der Waals surface area contributed by atoms with E-state index in [2.05, 4.69) is 0 Å². The number of hydrogen-bond acceptors (Lipinski definition) is 2. The normalized spacial score (nSPS) is 11.3. The summed E-state index contributed by atoms with van der Waals surface area (Å²) in [6.07, 6.45) is -4.03. The Hall–Kier alpha value is -2.37. The number of rotatable bonds is 3. The molecule has 0 unspecified atom stereocenters. The van der Waals surface area contributed by atoms with Gasteiger partial charge in [0, 0.05) is 24.0 Å². The first-order valence-electron chi connectivity index (χ1n) is 5.98. The molecule has 0 aliphatic carbocycles. The molecule has 2 nitrogen and oxygen atoms in total. The van der Waals surface area contributed by atoms with Crippen molar-refractivity contribution in [1.82, 2.24) is 0 Å². The molecule has 0 amide bonds. The third kappa shape index (κ3) is 3.21. The lowest BCUT2D eigenvalue weighted by molar-refractivity contribution is -0.139. The average molecular weight is 297 g/mol. The van der Waals surface area contributed by atoms with Crippen molar-refractivity contribution < 1.29 is 22.4 Å². The fourth-order valence-corrected chi connectivity index (χ4v) is 1.87. The van der Waals surface area contributed by atoms with E-state index in [0.717, 1.165) is 6.07 Å². The SMILES string of the molecule is CN(c1ccc(C=O)cc1)c1ccc(C(F)(F)F)c(F)c1. The van der Waals surface area contributed by atoms with Gasteiger partial charge in [0.1, 0.15) is 12.1 Å². The molecule has 0 aliphatic rings. The van der Waals surface area contributed by atoms with Crippen molar-refractivity contribution in [3.63, 3.8) is 0 Å². The molecule has 21 heavy (non-hydrogen) atoms. The monoisotopic (exact) mass is 297 g/mol. The highest BCUT2D eigenvalue weighted by atomic mass is 19.4. The minimum absolute atomic E-state index is 0.277. The fraction of sp³-hybridized carbons (Fsp3) is 0.133. The van der Waals surface area contributed by atoms with Crippen LogP contribution >= 0.6 is 0 Å². The van der Waals surface area contributed by atoms with E-state index in [9.17, 15) is 22.4 Å².